The van der Waals surface area contributed by atoms with E-state index in [9.17, 15) is 8.42 Å². The van der Waals surface area contributed by atoms with Gasteiger partial charge >= 0.3 is 0 Å². The summed E-state index contributed by atoms with van der Waals surface area (Å²) in [7, 11) is -1.68. The van der Waals surface area contributed by atoms with Gasteiger partial charge in [-0.25, -0.2) is 8.42 Å². The van der Waals surface area contributed by atoms with Crippen LogP contribution in [0.3, 0.4) is 0 Å². The lowest BCUT2D eigenvalue weighted by molar-refractivity contribution is 0.174. The Morgan fingerprint density at radius 3 is 2.56 bits per heavy atom. The molecule has 0 amide bonds. The van der Waals surface area contributed by atoms with Crippen LogP contribution in [0.2, 0.25) is 0 Å². The van der Waals surface area contributed by atoms with E-state index in [2.05, 4.69) is 34.2 Å². The van der Waals surface area contributed by atoms with Crippen LogP contribution in [-0.2, 0) is 16.9 Å². The van der Waals surface area contributed by atoms with Crippen LogP contribution in [0.25, 0.3) is 0 Å². The zero-order chi connectivity index (χ0) is 19.4. The molecule has 0 N–H and O–H groups in total. The first-order chi connectivity index (χ1) is 12.9. The number of rotatable bonds is 7. The molecule has 2 aromatic rings. The molecule has 1 aromatic carbocycles. The van der Waals surface area contributed by atoms with Gasteiger partial charge in [-0.15, -0.1) is 10.2 Å². The van der Waals surface area contributed by atoms with Crippen LogP contribution in [-0.4, -0.2) is 52.0 Å². The molecule has 1 aliphatic heterocycles. The van der Waals surface area contributed by atoms with Gasteiger partial charge < -0.3 is 0 Å². The highest BCUT2D eigenvalue weighted by atomic mass is 32.2. The molecule has 0 spiro atoms. The van der Waals surface area contributed by atoms with Gasteiger partial charge in [-0.3, -0.25) is 4.90 Å². The molecule has 2 unspecified atom stereocenters. The Kier molecular flexibility index (Phi) is 6.26. The van der Waals surface area contributed by atoms with Gasteiger partial charge in [0, 0.05) is 12.5 Å². The van der Waals surface area contributed by atoms with Crippen molar-refractivity contribution >= 4 is 9.84 Å². The van der Waals surface area contributed by atoms with Gasteiger partial charge in [0.1, 0.15) is 5.37 Å². The van der Waals surface area contributed by atoms with Crippen molar-refractivity contribution < 1.29 is 8.42 Å². The molecular weight excluding hydrogens is 362 g/mol. The highest BCUT2D eigenvalue weighted by molar-refractivity contribution is 7.92. The molecule has 148 valence electrons. The number of piperidine rings is 1. The lowest BCUT2D eigenvalue weighted by Gasteiger charge is -2.37. The Hall–Kier alpha value is -1.80. The topological polar surface area (TPSA) is 81.0 Å². The van der Waals surface area contributed by atoms with Gasteiger partial charge in [-0.05, 0) is 55.5 Å². The third-order valence-electron chi connectivity index (χ3n) is 5.17. The summed E-state index contributed by atoms with van der Waals surface area (Å²) < 4.78 is 26.8. The van der Waals surface area contributed by atoms with Crippen LogP contribution in [0.1, 0.15) is 51.3 Å². The zero-order valence-electron chi connectivity index (χ0n) is 16.3. The number of hydrogen-bond donors (Lipinski definition) is 0. The fourth-order valence-electron chi connectivity index (χ4n) is 3.72. The van der Waals surface area contributed by atoms with E-state index >= 15 is 0 Å². The number of aromatic nitrogens is 4. The molecule has 0 aliphatic carbocycles. The van der Waals surface area contributed by atoms with Gasteiger partial charge in [-0.1, -0.05) is 32.0 Å². The van der Waals surface area contributed by atoms with Crippen LogP contribution < -0.4 is 0 Å². The van der Waals surface area contributed by atoms with E-state index in [1.165, 1.54) is 4.80 Å². The Morgan fingerprint density at radius 2 is 1.93 bits per heavy atom. The number of sulfone groups is 1. The van der Waals surface area contributed by atoms with Crippen LogP contribution in [0.15, 0.2) is 35.2 Å². The minimum absolute atomic E-state index is 0.125. The summed E-state index contributed by atoms with van der Waals surface area (Å²) in [5.74, 6) is 1.29. The minimum atomic E-state index is -3.43. The second-order valence-electron chi connectivity index (χ2n) is 7.76. The van der Waals surface area contributed by atoms with Crippen LogP contribution in [0.5, 0.6) is 0 Å². The Balaban J connectivity index is 1.86. The Morgan fingerprint density at radius 1 is 1.19 bits per heavy atom. The highest BCUT2D eigenvalue weighted by Crippen LogP contribution is 2.31. The number of tetrazole rings is 1. The first-order valence-corrected chi connectivity index (χ1v) is 11.2. The van der Waals surface area contributed by atoms with Crippen molar-refractivity contribution in [2.75, 3.05) is 13.1 Å². The molecule has 2 heterocycles. The van der Waals surface area contributed by atoms with Gasteiger partial charge in [0.25, 0.3) is 0 Å². The lowest BCUT2D eigenvalue weighted by Crippen LogP contribution is -2.46. The largest absolute Gasteiger partial charge is 0.286 e. The average Bonchev–Trinajstić information content (AvgIpc) is 3.09. The summed E-state index contributed by atoms with van der Waals surface area (Å²) in [4.78, 5) is 3.99. The summed E-state index contributed by atoms with van der Waals surface area (Å²) in [6, 6.07) is 8.81. The van der Waals surface area contributed by atoms with E-state index < -0.39 is 15.2 Å². The van der Waals surface area contributed by atoms with Crippen molar-refractivity contribution in [2.45, 2.75) is 55.7 Å². The predicted octanol–water partition coefficient (Wildman–Crippen LogP) is 2.63. The number of likely N-dealkylation sites (tertiary alicyclic amines) is 1. The lowest BCUT2D eigenvalue weighted by atomic mass is 9.97. The Bertz CT molecular complexity index is 835. The predicted molar refractivity (Wildman–Crippen MR) is 104 cm³/mol. The standard InChI is InChI=1S/C19H29N5O2S/c1-15(2)11-12-18(27(25,26)17-9-5-4-6-10-17)24-13-7-8-16(14-24)19-20-22-23(3)21-19/h4-6,9-10,15-16,18H,7-8,11-14H2,1-3H3. The van der Waals surface area contributed by atoms with Crippen molar-refractivity contribution in [3.63, 3.8) is 0 Å². The molecule has 0 bridgehead atoms. The quantitative estimate of drug-likeness (QED) is 0.722. The van der Waals surface area contributed by atoms with Gasteiger partial charge in [0.05, 0.1) is 11.9 Å². The third kappa shape index (κ3) is 4.73. The number of aryl methyl sites for hydroxylation is 1. The first kappa shape index (κ1) is 19.9. The molecule has 8 heteroatoms. The summed E-state index contributed by atoms with van der Waals surface area (Å²) in [6.07, 6.45) is 3.41. The van der Waals surface area contributed by atoms with E-state index in [0.717, 1.165) is 25.8 Å². The van der Waals surface area contributed by atoms with E-state index in [0.29, 0.717) is 29.6 Å². The number of hydrogen-bond acceptors (Lipinski definition) is 6. The normalized spacial score (nSPS) is 20.1. The maximum Gasteiger partial charge on any atom is 0.194 e. The third-order valence-corrected chi connectivity index (χ3v) is 7.35. The van der Waals surface area contributed by atoms with Crippen molar-refractivity contribution in [1.29, 1.82) is 0 Å². The van der Waals surface area contributed by atoms with Crippen molar-refractivity contribution in [1.82, 2.24) is 25.1 Å². The van der Waals surface area contributed by atoms with Crippen LogP contribution >= 0.6 is 0 Å². The van der Waals surface area contributed by atoms with Crippen LogP contribution in [0.4, 0.5) is 0 Å². The number of nitrogens with zero attached hydrogens (tertiary/aromatic N) is 5. The molecule has 1 aromatic heterocycles. The van der Waals surface area contributed by atoms with Gasteiger partial charge in [0.2, 0.25) is 0 Å². The first-order valence-electron chi connectivity index (χ1n) is 9.65. The van der Waals surface area contributed by atoms with Crippen molar-refractivity contribution in [3.8, 4) is 0 Å². The van der Waals surface area contributed by atoms with E-state index in [4.69, 9.17) is 0 Å². The second-order valence-corrected chi connectivity index (χ2v) is 9.86. The van der Waals surface area contributed by atoms with E-state index in [1.54, 1.807) is 31.3 Å². The highest BCUT2D eigenvalue weighted by Gasteiger charge is 2.36. The maximum atomic E-state index is 13.4. The maximum absolute atomic E-state index is 13.4. The molecule has 3 rings (SSSR count). The summed E-state index contributed by atoms with van der Waals surface area (Å²) in [6.45, 7) is 5.70. The van der Waals surface area contributed by atoms with Crippen molar-refractivity contribution in [2.24, 2.45) is 13.0 Å². The monoisotopic (exact) mass is 391 g/mol. The second kappa shape index (κ2) is 8.48. The average molecular weight is 392 g/mol. The SMILES string of the molecule is CC(C)CCC(N1CCCC(c2nnn(C)n2)C1)S(=O)(=O)c1ccccc1. The fraction of sp³-hybridized carbons (Fsp3) is 0.632. The summed E-state index contributed by atoms with van der Waals surface area (Å²) in [5.41, 5.74) is 0. The molecule has 7 nitrogen and oxygen atoms in total. The fourth-order valence-corrected chi connectivity index (χ4v) is 5.60. The number of benzene rings is 1. The van der Waals surface area contributed by atoms with Crippen molar-refractivity contribution in [3.05, 3.63) is 36.2 Å². The minimum Gasteiger partial charge on any atom is -0.286 e. The molecular formula is C19H29N5O2S. The Labute approximate surface area is 161 Å². The molecule has 2 atom stereocenters. The molecule has 1 fully saturated rings. The summed E-state index contributed by atoms with van der Waals surface area (Å²) in [5, 5.41) is 11.9. The molecule has 1 saturated heterocycles. The van der Waals surface area contributed by atoms with Gasteiger partial charge in [-0.2, -0.15) is 4.80 Å². The van der Waals surface area contributed by atoms with Gasteiger partial charge in [0.15, 0.2) is 15.7 Å². The molecule has 0 saturated carbocycles. The van der Waals surface area contributed by atoms with E-state index in [-0.39, 0.29) is 5.92 Å². The molecule has 0 radical (unpaired) electrons. The summed E-state index contributed by atoms with van der Waals surface area (Å²) >= 11 is 0. The smallest absolute Gasteiger partial charge is 0.194 e. The molecule has 27 heavy (non-hydrogen) atoms. The van der Waals surface area contributed by atoms with Crippen LogP contribution in [0, 0.1) is 5.92 Å². The molecule has 1 aliphatic rings. The van der Waals surface area contributed by atoms with E-state index in [1.807, 2.05) is 6.07 Å². The zero-order valence-corrected chi connectivity index (χ0v) is 17.1.